The van der Waals surface area contributed by atoms with Crippen molar-refractivity contribution in [3.05, 3.63) is 92.4 Å². The molecule has 0 saturated heterocycles. The normalized spacial score (nSPS) is 13.6. The molecule has 1 aliphatic carbocycles. The Hall–Kier alpha value is -4.80. The Morgan fingerprint density at radius 3 is 2.31 bits per heavy atom. The molecule has 0 spiro atoms. The molecule has 2 N–H and O–H groups in total. The number of nitro benzene ring substituents is 1. The average Bonchev–Trinajstić information content (AvgIpc) is 3.24. The Balaban J connectivity index is 1.50. The molecule has 0 saturated carbocycles. The number of carbonyl (C=O) groups is 3. The van der Waals surface area contributed by atoms with Crippen molar-refractivity contribution in [2.45, 2.75) is 26.2 Å². The summed E-state index contributed by atoms with van der Waals surface area (Å²) >= 11 is 0. The van der Waals surface area contributed by atoms with Crippen LogP contribution in [0.2, 0.25) is 0 Å². The first kappa shape index (κ1) is 24.3. The smallest absolute Gasteiger partial charge is 0.337 e. The van der Waals surface area contributed by atoms with Gasteiger partial charge in [-0.1, -0.05) is 0 Å². The van der Waals surface area contributed by atoms with E-state index in [1.165, 1.54) is 31.4 Å². The van der Waals surface area contributed by atoms with Crippen molar-refractivity contribution in [2.75, 3.05) is 12.4 Å². The number of non-ortho nitro benzene ring substituents is 1. The maximum absolute atomic E-state index is 12.9. The number of hydrazone groups is 1. The Kier molecular flexibility index (Phi) is 6.91. The van der Waals surface area contributed by atoms with E-state index in [0.717, 1.165) is 6.42 Å². The van der Waals surface area contributed by atoms with E-state index in [2.05, 4.69) is 20.6 Å². The molecule has 1 aliphatic rings. The van der Waals surface area contributed by atoms with Crippen LogP contribution < -0.4 is 10.7 Å². The fourth-order valence-electron chi connectivity index (χ4n) is 3.91. The van der Waals surface area contributed by atoms with E-state index < -0.39 is 22.7 Å². The molecule has 0 radical (unpaired) electrons. The van der Waals surface area contributed by atoms with Crippen LogP contribution in [0.15, 0.2) is 58.0 Å². The number of nitro groups is 1. The zero-order valence-corrected chi connectivity index (χ0v) is 19.5. The molecule has 0 unspecified atom stereocenters. The fraction of sp³-hybridized carbons (Fsp3) is 0.200. The number of rotatable bonds is 6. The molecule has 11 nitrogen and oxygen atoms in total. The first-order valence-corrected chi connectivity index (χ1v) is 11.0. The van der Waals surface area contributed by atoms with Gasteiger partial charge in [0.1, 0.15) is 5.76 Å². The number of fused-ring (bicyclic) bond motifs is 1. The summed E-state index contributed by atoms with van der Waals surface area (Å²) in [4.78, 5) is 47.2. The highest BCUT2D eigenvalue weighted by atomic mass is 16.6. The highest BCUT2D eigenvalue weighted by molar-refractivity contribution is 6.09. The topological polar surface area (TPSA) is 153 Å². The van der Waals surface area contributed by atoms with Gasteiger partial charge in [-0.05, 0) is 56.2 Å². The van der Waals surface area contributed by atoms with Crippen LogP contribution in [0.25, 0.3) is 0 Å². The van der Waals surface area contributed by atoms with Crippen molar-refractivity contribution < 1.29 is 28.5 Å². The van der Waals surface area contributed by atoms with Crippen LogP contribution in [0.1, 0.15) is 61.0 Å². The molecular formula is C25H22N4O7. The molecule has 36 heavy (non-hydrogen) atoms. The maximum atomic E-state index is 12.9. The van der Waals surface area contributed by atoms with E-state index in [0.29, 0.717) is 46.7 Å². The van der Waals surface area contributed by atoms with Gasteiger partial charge in [-0.3, -0.25) is 19.7 Å². The first-order valence-electron chi connectivity index (χ1n) is 11.0. The average molecular weight is 490 g/mol. The molecule has 1 heterocycles. The number of carbonyl (C=O) groups excluding carboxylic acids is 3. The van der Waals surface area contributed by atoms with Crippen molar-refractivity contribution in [2.24, 2.45) is 5.10 Å². The third-order valence-electron chi connectivity index (χ3n) is 5.73. The zero-order valence-electron chi connectivity index (χ0n) is 19.5. The van der Waals surface area contributed by atoms with Crippen LogP contribution in [-0.4, -0.2) is 35.5 Å². The summed E-state index contributed by atoms with van der Waals surface area (Å²) in [6.07, 6.45) is 1.92. The van der Waals surface area contributed by atoms with Gasteiger partial charge >= 0.3 is 5.97 Å². The number of furan rings is 1. The Morgan fingerprint density at radius 1 is 1.00 bits per heavy atom. The van der Waals surface area contributed by atoms with E-state index in [9.17, 15) is 24.5 Å². The van der Waals surface area contributed by atoms with Gasteiger partial charge in [-0.15, -0.1) is 0 Å². The number of methoxy groups -OCH3 is 1. The fourth-order valence-corrected chi connectivity index (χ4v) is 3.91. The Labute approximate surface area is 205 Å². The molecule has 2 amide bonds. The van der Waals surface area contributed by atoms with Gasteiger partial charge in [-0.2, -0.15) is 5.10 Å². The number of esters is 1. The van der Waals surface area contributed by atoms with Gasteiger partial charge in [0.2, 0.25) is 0 Å². The van der Waals surface area contributed by atoms with Crippen LogP contribution in [0.3, 0.4) is 0 Å². The lowest BCUT2D eigenvalue weighted by molar-refractivity contribution is -0.384. The third-order valence-corrected chi connectivity index (χ3v) is 5.73. The zero-order chi connectivity index (χ0) is 25.8. The largest absolute Gasteiger partial charge is 0.465 e. The van der Waals surface area contributed by atoms with E-state index in [4.69, 9.17) is 4.42 Å². The van der Waals surface area contributed by atoms with Gasteiger partial charge in [0.25, 0.3) is 17.5 Å². The molecule has 11 heteroatoms. The number of hydrogen-bond donors (Lipinski definition) is 2. The molecular weight excluding hydrogens is 468 g/mol. The minimum absolute atomic E-state index is 0.117. The van der Waals surface area contributed by atoms with Crippen molar-refractivity contribution in [3.8, 4) is 0 Å². The molecule has 1 aromatic heterocycles. The van der Waals surface area contributed by atoms with Gasteiger partial charge in [0.15, 0.2) is 5.76 Å². The monoisotopic (exact) mass is 490 g/mol. The van der Waals surface area contributed by atoms with Gasteiger partial charge < -0.3 is 14.5 Å². The lowest BCUT2D eigenvalue weighted by atomic mass is 9.93. The van der Waals surface area contributed by atoms with Crippen LogP contribution in [0.5, 0.6) is 0 Å². The summed E-state index contributed by atoms with van der Waals surface area (Å²) in [5.74, 6) is -0.711. The van der Waals surface area contributed by atoms with Gasteiger partial charge in [0.05, 0.1) is 23.3 Å². The molecule has 0 atom stereocenters. The number of amides is 2. The predicted octanol–water partition coefficient (Wildman–Crippen LogP) is 4.01. The summed E-state index contributed by atoms with van der Waals surface area (Å²) in [5, 5.41) is 17.8. The molecule has 184 valence electrons. The molecule has 2 aromatic carbocycles. The van der Waals surface area contributed by atoms with Crippen molar-refractivity contribution in [1.82, 2.24) is 5.43 Å². The first-order chi connectivity index (χ1) is 17.3. The molecule has 3 aromatic rings. The predicted molar refractivity (Wildman–Crippen MR) is 129 cm³/mol. The second-order valence-corrected chi connectivity index (χ2v) is 8.03. The van der Waals surface area contributed by atoms with Crippen LogP contribution >= 0.6 is 0 Å². The summed E-state index contributed by atoms with van der Waals surface area (Å²) in [7, 11) is 1.29. The minimum Gasteiger partial charge on any atom is -0.465 e. The summed E-state index contributed by atoms with van der Waals surface area (Å²) < 4.78 is 10.5. The lowest BCUT2D eigenvalue weighted by Gasteiger charge is -2.13. The van der Waals surface area contributed by atoms with E-state index in [-0.39, 0.29) is 17.0 Å². The number of nitrogens with zero attached hydrogens (tertiary/aromatic N) is 2. The number of aryl methyl sites for hydroxylation is 1. The second-order valence-electron chi connectivity index (χ2n) is 8.03. The number of ether oxygens (including phenoxy) is 1. The summed E-state index contributed by atoms with van der Waals surface area (Å²) in [6, 6.07) is 11.4. The lowest BCUT2D eigenvalue weighted by Crippen LogP contribution is -2.22. The van der Waals surface area contributed by atoms with Crippen molar-refractivity contribution >= 4 is 34.9 Å². The van der Waals surface area contributed by atoms with Crippen LogP contribution in [0, 0.1) is 17.0 Å². The van der Waals surface area contributed by atoms with E-state index >= 15 is 0 Å². The van der Waals surface area contributed by atoms with Crippen molar-refractivity contribution in [3.63, 3.8) is 0 Å². The Bertz CT molecular complexity index is 1370. The summed E-state index contributed by atoms with van der Waals surface area (Å²) in [6.45, 7) is 1.75. The number of hydrogen-bond acceptors (Lipinski definition) is 8. The highest BCUT2D eigenvalue weighted by Gasteiger charge is 2.28. The third kappa shape index (κ3) is 4.99. The molecule has 4 rings (SSSR count). The maximum Gasteiger partial charge on any atom is 0.337 e. The van der Waals surface area contributed by atoms with E-state index in [1.807, 2.05) is 0 Å². The highest BCUT2D eigenvalue weighted by Crippen LogP contribution is 2.30. The number of anilines is 1. The minimum atomic E-state index is -0.543. The van der Waals surface area contributed by atoms with Crippen LogP contribution in [-0.2, 0) is 11.2 Å². The molecule has 0 fully saturated rings. The van der Waals surface area contributed by atoms with Gasteiger partial charge in [-0.25, -0.2) is 10.2 Å². The van der Waals surface area contributed by atoms with Crippen molar-refractivity contribution in [1.29, 1.82) is 0 Å². The standard InChI is InChI=1S/C25H22N4O7/c1-14-21-19(27-28-23(30)15-8-12-18(13-9-15)29(33)34)4-3-5-20(21)36-22(14)24(31)26-17-10-6-16(7-11-17)25(32)35-2/h6-13H,3-5H2,1-2H3,(H,26,31)(H,28,30)/b27-19+. The number of nitrogens with one attached hydrogen (secondary N) is 2. The van der Waals surface area contributed by atoms with Gasteiger partial charge in [0, 0.05) is 40.9 Å². The second kappa shape index (κ2) is 10.2. The van der Waals surface area contributed by atoms with Crippen LogP contribution in [0.4, 0.5) is 11.4 Å². The number of benzene rings is 2. The quantitative estimate of drug-likeness (QED) is 0.301. The SMILES string of the molecule is COC(=O)c1ccc(NC(=O)c2oc3c(c2C)/C(=N/NC(=O)c2ccc([N+](=O)[O-])cc2)CCC3)cc1. The molecule has 0 aliphatic heterocycles. The molecule has 0 bridgehead atoms. The Morgan fingerprint density at radius 2 is 1.67 bits per heavy atom. The van der Waals surface area contributed by atoms with E-state index in [1.54, 1.807) is 31.2 Å². The summed E-state index contributed by atoms with van der Waals surface area (Å²) in [5.41, 5.74) is 5.28.